The molecule has 1 fully saturated rings. The van der Waals surface area contributed by atoms with Gasteiger partial charge in [0.15, 0.2) is 0 Å². The topological polar surface area (TPSA) is 41.6 Å². The van der Waals surface area contributed by atoms with E-state index in [0.29, 0.717) is 12.6 Å². The molecule has 0 saturated carbocycles. The molecule has 1 amide bonds. The average molecular weight is 212 g/mol. The van der Waals surface area contributed by atoms with Crippen molar-refractivity contribution in [2.75, 3.05) is 26.7 Å². The molecule has 1 rings (SSSR count). The lowest BCUT2D eigenvalue weighted by Gasteiger charge is -2.36. The number of likely N-dealkylation sites (N-methyl/N-ethyl adjacent to an activating group) is 1. The van der Waals surface area contributed by atoms with E-state index in [1.165, 1.54) is 0 Å². The molecule has 1 heterocycles. The first kappa shape index (κ1) is 12.2. The number of amides is 1. The summed E-state index contributed by atoms with van der Waals surface area (Å²) in [7, 11) is 1.83. The summed E-state index contributed by atoms with van der Waals surface area (Å²) in [5.74, 6) is 0.0607. The van der Waals surface area contributed by atoms with Crippen LogP contribution in [0.3, 0.4) is 0 Å². The molecule has 1 aliphatic rings. The summed E-state index contributed by atoms with van der Waals surface area (Å²) >= 11 is 0. The van der Waals surface area contributed by atoms with Crippen LogP contribution in [0.15, 0.2) is 12.7 Å². The van der Waals surface area contributed by atoms with E-state index in [9.17, 15) is 4.79 Å². The van der Waals surface area contributed by atoms with E-state index in [1.807, 2.05) is 7.05 Å². The lowest BCUT2D eigenvalue weighted by atomic mass is 10.1. The number of nitrogens with zero attached hydrogens (tertiary/aromatic N) is 1. The molecule has 1 atom stereocenters. The maximum Gasteiger partial charge on any atom is 0.251 e. The van der Waals surface area contributed by atoms with E-state index in [1.54, 1.807) is 17.9 Å². The van der Waals surface area contributed by atoms with Crippen LogP contribution in [0.25, 0.3) is 0 Å². The van der Waals surface area contributed by atoms with Gasteiger partial charge >= 0.3 is 0 Å². The summed E-state index contributed by atoms with van der Waals surface area (Å²) in [5, 5.41) is 3.14. The number of carbonyl (C=O) groups excluding carboxylic acids is 1. The molecule has 0 spiro atoms. The fourth-order valence-corrected chi connectivity index (χ4v) is 1.41. The predicted octanol–water partition coefficient (Wildman–Crippen LogP) is 0.398. The van der Waals surface area contributed by atoms with Crippen LogP contribution in [0.5, 0.6) is 0 Å². The summed E-state index contributed by atoms with van der Waals surface area (Å²) in [4.78, 5) is 13.6. The Morgan fingerprint density at radius 3 is 2.87 bits per heavy atom. The third kappa shape index (κ3) is 3.32. The lowest BCUT2D eigenvalue weighted by Crippen LogP contribution is -2.59. The van der Waals surface area contributed by atoms with E-state index >= 15 is 0 Å². The number of ether oxygens (including phenoxy) is 1. The molecule has 0 aromatic heterocycles. The maximum atomic E-state index is 11.8. The summed E-state index contributed by atoms with van der Waals surface area (Å²) in [6, 6.07) is 0.336. The monoisotopic (exact) mass is 212 g/mol. The van der Waals surface area contributed by atoms with Gasteiger partial charge < -0.3 is 15.0 Å². The van der Waals surface area contributed by atoms with Crippen molar-refractivity contribution in [2.24, 2.45) is 0 Å². The normalized spacial score (nSPS) is 18.0. The minimum Gasteiger partial charge on any atom is -0.368 e. The van der Waals surface area contributed by atoms with Gasteiger partial charge in [-0.3, -0.25) is 4.79 Å². The molecule has 0 aromatic rings. The second-order valence-corrected chi connectivity index (χ2v) is 3.85. The molecule has 4 heteroatoms. The Morgan fingerprint density at radius 1 is 1.73 bits per heavy atom. The van der Waals surface area contributed by atoms with Crippen molar-refractivity contribution < 1.29 is 9.53 Å². The van der Waals surface area contributed by atoms with Crippen molar-refractivity contribution in [1.29, 1.82) is 0 Å². The summed E-state index contributed by atoms with van der Waals surface area (Å²) in [6.07, 6.45) is 2.22. The Bertz CT molecular complexity index is 227. The Kier molecular flexibility index (Phi) is 4.78. The highest BCUT2D eigenvalue weighted by Gasteiger charge is 2.28. The van der Waals surface area contributed by atoms with E-state index in [4.69, 9.17) is 4.74 Å². The van der Waals surface area contributed by atoms with Crippen LogP contribution in [-0.2, 0) is 9.53 Å². The van der Waals surface area contributed by atoms with Crippen molar-refractivity contribution in [1.82, 2.24) is 10.2 Å². The molecule has 0 radical (unpaired) electrons. The third-order valence-corrected chi connectivity index (χ3v) is 2.69. The SMILES string of the molecule is C=CCCOC(C)C(=O)N(C)C1CNC1. The second kappa shape index (κ2) is 5.88. The summed E-state index contributed by atoms with van der Waals surface area (Å²) in [5.41, 5.74) is 0. The Morgan fingerprint density at radius 2 is 2.40 bits per heavy atom. The van der Waals surface area contributed by atoms with Crippen molar-refractivity contribution in [3.8, 4) is 0 Å². The molecule has 0 bridgehead atoms. The Hall–Kier alpha value is -0.870. The highest BCUT2D eigenvalue weighted by atomic mass is 16.5. The average Bonchev–Trinajstić information content (AvgIpc) is 2.14. The van der Waals surface area contributed by atoms with Gasteiger partial charge in [-0.25, -0.2) is 0 Å². The van der Waals surface area contributed by atoms with Crippen molar-refractivity contribution >= 4 is 5.91 Å². The second-order valence-electron chi connectivity index (χ2n) is 3.85. The molecule has 86 valence electrons. The first-order valence-corrected chi connectivity index (χ1v) is 5.36. The number of hydrogen-bond donors (Lipinski definition) is 1. The van der Waals surface area contributed by atoms with Gasteiger partial charge in [0.2, 0.25) is 0 Å². The quantitative estimate of drug-likeness (QED) is 0.512. The van der Waals surface area contributed by atoms with E-state index < -0.39 is 0 Å². The molecule has 0 aromatic carbocycles. The Labute approximate surface area is 91.3 Å². The minimum atomic E-state index is -0.351. The van der Waals surface area contributed by atoms with Crippen LogP contribution in [0.2, 0.25) is 0 Å². The van der Waals surface area contributed by atoms with E-state index in [-0.39, 0.29) is 12.0 Å². The molecule has 1 aliphatic heterocycles. The number of hydrogen-bond acceptors (Lipinski definition) is 3. The minimum absolute atomic E-state index is 0.0607. The van der Waals surface area contributed by atoms with Crippen molar-refractivity contribution in [3.05, 3.63) is 12.7 Å². The van der Waals surface area contributed by atoms with Crippen LogP contribution < -0.4 is 5.32 Å². The Balaban J connectivity index is 2.27. The highest BCUT2D eigenvalue weighted by molar-refractivity contribution is 5.80. The molecule has 1 N–H and O–H groups in total. The van der Waals surface area contributed by atoms with Crippen molar-refractivity contribution in [3.63, 3.8) is 0 Å². The lowest BCUT2D eigenvalue weighted by molar-refractivity contribution is -0.144. The fraction of sp³-hybridized carbons (Fsp3) is 0.727. The van der Waals surface area contributed by atoms with Gasteiger partial charge in [-0.15, -0.1) is 6.58 Å². The molecule has 0 aliphatic carbocycles. The van der Waals surface area contributed by atoms with Gasteiger partial charge in [-0.05, 0) is 13.3 Å². The molecular weight excluding hydrogens is 192 g/mol. The summed E-state index contributed by atoms with van der Waals surface area (Å²) < 4.78 is 5.40. The standard InChI is InChI=1S/C11H20N2O2/c1-4-5-6-15-9(2)11(14)13(3)10-7-12-8-10/h4,9-10,12H,1,5-8H2,2-3H3. The van der Waals surface area contributed by atoms with Crippen LogP contribution >= 0.6 is 0 Å². The third-order valence-electron chi connectivity index (χ3n) is 2.69. The zero-order valence-electron chi connectivity index (χ0n) is 9.53. The molecule has 15 heavy (non-hydrogen) atoms. The zero-order chi connectivity index (χ0) is 11.3. The van der Waals surface area contributed by atoms with E-state index in [0.717, 1.165) is 19.5 Å². The predicted molar refractivity (Wildman–Crippen MR) is 59.7 cm³/mol. The number of rotatable bonds is 6. The van der Waals surface area contributed by atoms with Gasteiger partial charge in [0, 0.05) is 20.1 Å². The molecule has 1 unspecified atom stereocenters. The van der Waals surface area contributed by atoms with Gasteiger partial charge in [-0.1, -0.05) is 6.08 Å². The van der Waals surface area contributed by atoms with Gasteiger partial charge in [0.05, 0.1) is 12.6 Å². The number of nitrogens with one attached hydrogen (secondary N) is 1. The summed E-state index contributed by atoms with van der Waals surface area (Å²) in [6.45, 7) is 7.75. The first-order valence-electron chi connectivity index (χ1n) is 5.36. The van der Waals surface area contributed by atoms with E-state index in [2.05, 4.69) is 11.9 Å². The number of carbonyl (C=O) groups is 1. The van der Waals surface area contributed by atoms with Crippen LogP contribution in [0.1, 0.15) is 13.3 Å². The van der Waals surface area contributed by atoms with Gasteiger partial charge in [0.1, 0.15) is 6.10 Å². The van der Waals surface area contributed by atoms with Crippen LogP contribution in [0.4, 0.5) is 0 Å². The van der Waals surface area contributed by atoms with Crippen LogP contribution in [-0.4, -0.2) is 49.7 Å². The van der Waals surface area contributed by atoms with Gasteiger partial charge in [0.25, 0.3) is 5.91 Å². The highest BCUT2D eigenvalue weighted by Crippen LogP contribution is 2.06. The smallest absolute Gasteiger partial charge is 0.251 e. The molecule has 1 saturated heterocycles. The zero-order valence-corrected chi connectivity index (χ0v) is 9.53. The van der Waals surface area contributed by atoms with Crippen LogP contribution in [0, 0.1) is 0 Å². The first-order chi connectivity index (χ1) is 7.16. The molecular formula is C11H20N2O2. The largest absolute Gasteiger partial charge is 0.368 e. The maximum absolute atomic E-state index is 11.8. The van der Waals surface area contributed by atoms with Gasteiger partial charge in [-0.2, -0.15) is 0 Å². The van der Waals surface area contributed by atoms with Crippen molar-refractivity contribution in [2.45, 2.75) is 25.5 Å². The molecule has 4 nitrogen and oxygen atoms in total. The fourth-order valence-electron chi connectivity index (χ4n) is 1.41.